The second-order valence-corrected chi connectivity index (χ2v) is 17.7. The summed E-state index contributed by atoms with van der Waals surface area (Å²) in [5, 5.41) is 10.8. The maximum Gasteiger partial charge on any atom is 0.306 e. The summed E-state index contributed by atoms with van der Waals surface area (Å²) in [6.45, 7) is 27.7. The van der Waals surface area contributed by atoms with Gasteiger partial charge in [0, 0.05) is 18.3 Å². The van der Waals surface area contributed by atoms with Crippen molar-refractivity contribution in [2.45, 2.75) is 151 Å². The molecule has 0 spiro atoms. The second kappa shape index (κ2) is 13.4. The topological polar surface area (TPSA) is 63.6 Å². The molecule has 0 amide bonds. The van der Waals surface area contributed by atoms with E-state index in [-0.39, 0.29) is 39.7 Å². The molecule has 0 aromatic rings. The summed E-state index contributed by atoms with van der Waals surface area (Å²) in [4.78, 5) is 25.5. The van der Waals surface area contributed by atoms with Gasteiger partial charge in [-0.2, -0.15) is 0 Å². The van der Waals surface area contributed by atoms with Gasteiger partial charge in [0.05, 0.1) is 12.7 Å². The number of aliphatic hydroxyl groups excluding tert-OH is 1. The number of Topliss-reactive ketones (excluding diaryl/α,β-unsaturated/α-hetero) is 1. The fraction of sp³-hybridized carbons (Fsp3) is 0.850. The lowest BCUT2D eigenvalue weighted by Gasteiger charge is -2.59. The van der Waals surface area contributed by atoms with Gasteiger partial charge in [0.25, 0.3) is 0 Å². The maximum atomic E-state index is 12.8. The van der Waals surface area contributed by atoms with Gasteiger partial charge in [-0.3, -0.25) is 9.59 Å². The minimum Gasteiger partial charge on any atom is -0.466 e. The minimum atomic E-state index is -0.250. The molecule has 4 nitrogen and oxygen atoms in total. The van der Waals surface area contributed by atoms with Gasteiger partial charge in [-0.25, -0.2) is 0 Å². The Bertz CT molecular complexity index is 1080. The first-order chi connectivity index (χ1) is 20.4. The molecule has 0 aliphatic heterocycles. The zero-order valence-electron chi connectivity index (χ0n) is 29.7. The van der Waals surface area contributed by atoms with Gasteiger partial charge in [0.2, 0.25) is 0 Å². The fourth-order valence-corrected chi connectivity index (χ4v) is 11.1. The zero-order chi connectivity index (χ0) is 32.7. The van der Waals surface area contributed by atoms with Crippen molar-refractivity contribution in [1.29, 1.82) is 0 Å². The predicted molar refractivity (Wildman–Crippen MR) is 181 cm³/mol. The van der Waals surface area contributed by atoms with Gasteiger partial charge in [-0.05, 0) is 129 Å². The second-order valence-electron chi connectivity index (χ2n) is 17.7. The highest BCUT2D eigenvalue weighted by atomic mass is 16.5. The minimum absolute atomic E-state index is 0.0408. The number of ketones is 1. The number of esters is 1. The Hall–Kier alpha value is -1.42. The summed E-state index contributed by atoms with van der Waals surface area (Å²) in [6, 6.07) is 0. The highest BCUT2D eigenvalue weighted by molar-refractivity contribution is 5.85. The van der Waals surface area contributed by atoms with E-state index >= 15 is 0 Å². The van der Waals surface area contributed by atoms with Crippen LogP contribution in [0.4, 0.5) is 0 Å². The number of hydrogen-bond acceptors (Lipinski definition) is 4. The van der Waals surface area contributed by atoms with Crippen LogP contribution < -0.4 is 0 Å². The van der Waals surface area contributed by atoms with Crippen LogP contribution in [0.1, 0.15) is 145 Å². The highest BCUT2D eigenvalue weighted by Crippen LogP contribution is 2.62. The van der Waals surface area contributed by atoms with Crippen LogP contribution in [0.25, 0.3) is 0 Å². The number of allylic oxidation sites excluding steroid dienone is 2. The molecule has 250 valence electrons. The lowest BCUT2D eigenvalue weighted by molar-refractivity contribution is -0.146. The van der Waals surface area contributed by atoms with E-state index in [0.717, 1.165) is 77.0 Å². The quantitative estimate of drug-likeness (QED) is 0.187. The maximum absolute atomic E-state index is 12.8. The highest BCUT2D eigenvalue weighted by Gasteiger charge is 2.57. The summed E-state index contributed by atoms with van der Waals surface area (Å²) in [5.74, 6) is 3.01. The van der Waals surface area contributed by atoms with Gasteiger partial charge in [-0.15, -0.1) is 0 Å². The van der Waals surface area contributed by atoms with Crippen LogP contribution in [-0.4, -0.2) is 29.6 Å². The molecular weight excluding hydrogens is 544 g/mol. The third-order valence-corrected chi connectivity index (χ3v) is 14.2. The van der Waals surface area contributed by atoms with Crippen molar-refractivity contribution < 1.29 is 19.4 Å². The van der Waals surface area contributed by atoms with E-state index < -0.39 is 0 Å². The van der Waals surface area contributed by atoms with Crippen LogP contribution in [0.15, 0.2) is 24.3 Å². The zero-order valence-corrected chi connectivity index (χ0v) is 29.7. The molecule has 0 aromatic carbocycles. The van der Waals surface area contributed by atoms with E-state index in [1.54, 1.807) is 0 Å². The third kappa shape index (κ3) is 6.82. The summed E-state index contributed by atoms with van der Waals surface area (Å²) >= 11 is 0. The smallest absolute Gasteiger partial charge is 0.306 e. The van der Waals surface area contributed by atoms with E-state index in [9.17, 15) is 14.7 Å². The summed E-state index contributed by atoms with van der Waals surface area (Å²) in [7, 11) is 0. The molecule has 4 heteroatoms. The number of carbonyl (C=O) groups excluding carboxylic acids is 2. The van der Waals surface area contributed by atoms with Crippen LogP contribution in [0.3, 0.4) is 0 Å². The average Bonchev–Trinajstić information content (AvgIpc) is 2.92. The summed E-state index contributed by atoms with van der Waals surface area (Å²) in [6.07, 6.45) is 13.4. The Labute approximate surface area is 270 Å². The first kappa shape index (κ1) is 35.4. The van der Waals surface area contributed by atoms with Crippen molar-refractivity contribution in [2.75, 3.05) is 6.61 Å². The molecule has 0 bridgehead atoms. The van der Waals surface area contributed by atoms with Crippen LogP contribution in [0, 0.1) is 57.2 Å². The van der Waals surface area contributed by atoms with Crippen molar-refractivity contribution >= 4 is 11.8 Å². The fourth-order valence-electron chi connectivity index (χ4n) is 11.1. The number of rotatable bonds is 11. The molecule has 0 heterocycles. The molecule has 44 heavy (non-hydrogen) atoms. The van der Waals surface area contributed by atoms with Crippen LogP contribution >= 0.6 is 0 Å². The van der Waals surface area contributed by atoms with Crippen molar-refractivity contribution in [1.82, 2.24) is 0 Å². The standard InChI is InChI=1S/C40H66O4/c1-26(11-15-30-28(3)13-17-32-37(5,6)34(41)19-22-39(30,32)9)21-24-44-36(43)25-27(2)12-16-31-29(4)14-18-33-38(7,8)35(42)20-23-40(31,33)10/h26-27,30-34,41H,3-4,11-25H2,1-2,5-10H3/t26?,27?,30-,31-,32?,33?,34-,39+,40+/m0/s1. The molecule has 0 saturated heterocycles. The summed E-state index contributed by atoms with van der Waals surface area (Å²) < 4.78 is 5.76. The van der Waals surface area contributed by atoms with Crippen LogP contribution in [0.5, 0.6) is 0 Å². The number of ether oxygens (including phenoxy) is 1. The predicted octanol–water partition coefficient (Wildman–Crippen LogP) is 9.89. The van der Waals surface area contributed by atoms with Gasteiger partial charge >= 0.3 is 5.97 Å². The van der Waals surface area contributed by atoms with Gasteiger partial charge in [-0.1, -0.05) is 79.7 Å². The summed E-state index contributed by atoms with van der Waals surface area (Å²) in [5.41, 5.74) is 2.81. The third-order valence-electron chi connectivity index (χ3n) is 14.2. The molecular formula is C40H66O4. The van der Waals surface area contributed by atoms with Crippen molar-refractivity contribution in [2.24, 2.45) is 57.2 Å². The Balaban J connectivity index is 1.20. The Morgan fingerprint density at radius 1 is 0.818 bits per heavy atom. The lowest BCUT2D eigenvalue weighted by Crippen LogP contribution is -2.54. The Morgan fingerprint density at radius 2 is 1.36 bits per heavy atom. The van der Waals surface area contributed by atoms with Crippen LogP contribution in [-0.2, 0) is 14.3 Å². The molecule has 4 saturated carbocycles. The normalized spacial score (nSPS) is 37.9. The number of hydrogen-bond donors (Lipinski definition) is 1. The van der Waals surface area contributed by atoms with Crippen LogP contribution in [0.2, 0.25) is 0 Å². The molecule has 9 atom stereocenters. The molecule has 4 aliphatic rings. The Kier molecular flexibility index (Phi) is 10.8. The molecule has 0 radical (unpaired) electrons. The average molecular weight is 611 g/mol. The Morgan fingerprint density at radius 3 is 1.98 bits per heavy atom. The van der Waals surface area contributed by atoms with E-state index in [1.165, 1.54) is 11.1 Å². The van der Waals surface area contributed by atoms with Crippen molar-refractivity contribution in [3.63, 3.8) is 0 Å². The number of aliphatic hydroxyl groups is 1. The number of fused-ring (bicyclic) bond motifs is 2. The molecule has 4 unspecified atom stereocenters. The number of carbonyl (C=O) groups is 2. The first-order valence-electron chi connectivity index (χ1n) is 18.2. The van der Waals surface area contributed by atoms with Gasteiger partial charge < -0.3 is 9.84 Å². The van der Waals surface area contributed by atoms with E-state index in [0.29, 0.717) is 54.8 Å². The first-order valence-corrected chi connectivity index (χ1v) is 18.2. The van der Waals surface area contributed by atoms with Crippen molar-refractivity contribution in [3.8, 4) is 0 Å². The van der Waals surface area contributed by atoms with E-state index in [4.69, 9.17) is 4.74 Å². The molecule has 4 aliphatic carbocycles. The SMILES string of the molecule is C=C1CCC2C(C)(C)C(=O)CC[C@]2(C)[C@H]1CCC(C)CC(=O)OCCC(C)CC[C@H]1C(=C)CCC2C(C)(C)[C@@H](O)CC[C@@]21C. The molecule has 4 fully saturated rings. The molecule has 0 aromatic heterocycles. The van der Waals surface area contributed by atoms with Gasteiger partial charge in [0.1, 0.15) is 5.78 Å². The van der Waals surface area contributed by atoms with E-state index in [2.05, 4.69) is 68.5 Å². The lowest BCUT2D eigenvalue weighted by atomic mass is 9.46. The monoisotopic (exact) mass is 610 g/mol. The molecule has 4 rings (SSSR count). The van der Waals surface area contributed by atoms with E-state index in [1.807, 2.05) is 0 Å². The van der Waals surface area contributed by atoms with Gasteiger partial charge in [0.15, 0.2) is 0 Å². The molecule has 1 N–H and O–H groups in total. The van der Waals surface area contributed by atoms with Crippen molar-refractivity contribution in [3.05, 3.63) is 24.3 Å². The largest absolute Gasteiger partial charge is 0.466 e.